The lowest BCUT2D eigenvalue weighted by Gasteiger charge is -2.19. The number of benzene rings is 2. The Morgan fingerprint density at radius 3 is 2.21 bits per heavy atom. The van der Waals surface area contributed by atoms with Gasteiger partial charge < -0.3 is 9.47 Å². The Morgan fingerprint density at radius 2 is 1.64 bits per heavy atom. The summed E-state index contributed by atoms with van der Waals surface area (Å²) in [6.07, 6.45) is 1.75. The fraction of sp³-hybridized carbons (Fsp3) is 0.455. The summed E-state index contributed by atoms with van der Waals surface area (Å²) in [6, 6.07) is 16.5. The van der Waals surface area contributed by atoms with Crippen molar-refractivity contribution in [2.45, 2.75) is 54.6 Å². The molecule has 0 aliphatic carbocycles. The molecule has 2 rings (SSSR count). The van der Waals surface area contributed by atoms with Crippen LogP contribution in [0.15, 0.2) is 59.5 Å². The first-order chi connectivity index (χ1) is 13.3. The first-order valence-corrected chi connectivity index (χ1v) is 12.5. The van der Waals surface area contributed by atoms with Gasteiger partial charge in [0.05, 0.1) is 17.3 Å². The van der Waals surface area contributed by atoms with Crippen molar-refractivity contribution < 1.29 is 17.9 Å². The van der Waals surface area contributed by atoms with E-state index in [1.165, 1.54) is 5.56 Å². The monoisotopic (exact) mass is 516 g/mol. The van der Waals surface area contributed by atoms with E-state index >= 15 is 0 Å². The van der Waals surface area contributed by atoms with Crippen molar-refractivity contribution in [3.63, 3.8) is 0 Å². The van der Waals surface area contributed by atoms with Crippen LogP contribution in [0.5, 0.6) is 5.75 Å². The van der Waals surface area contributed by atoms with E-state index in [1.807, 2.05) is 12.1 Å². The fourth-order valence-corrected chi connectivity index (χ4v) is 4.78. The lowest BCUT2D eigenvalue weighted by molar-refractivity contribution is -0.0605. The summed E-state index contributed by atoms with van der Waals surface area (Å²) in [4.78, 5) is 0.314. The van der Waals surface area contributed by atoms with Crippen LogP contribution in [0.4, 0.5) is 0 Å². The standard InChI is InChI=1S/C22H29IO4S/c1-4-19(16-17(2)23)20-10-12-21(13-11-20)27-18(3)26-14-15-28(24,25)22-8-6-5-7-9-22/h5-13,17-19H,4,14-16H2,1-3H3. The average Bonchev–Trinajstić information content (AvgIpc) is 2.67. The van der Waals surface area contributed by atoms with Crippen LogP contribution in [-0.2, 0) is 14.6 Å². The maximum absolute atomic E-state index is 12.3. The molecule has 0 spiro atoms. The molecular formula is C22H29IO4S. The van der Waals surface area contributed by atoms with Gasteiger partial charge in [-0.25, -0.2) is 8.42 Å². The summed E-state index contributed by atoms with van der Waals surface area (Å²) >= 11 is 2.47. The summed E-state index contributed by atoms with van der Waals surface area (Å²) in [6.45, 7) is 6.31. The predicted octanol–water partition coefficient (Wildman–Crippen LogP) is 5.61. The molecule has 0 radical (unpaired) electrons. The van der Waals surface area contributed by atoms with Gasteiger partial charge in [0.1, 0.15) is 5.75 Å². The highest BCUT2D eigenvalue weighted by atomic mass is 127. The van der Waals surface area contributed by atoms with Gasteiger partial charge in [0.2, 0.25) is 0 Å². The van der Waals surface area contributed by atoms with Crippen LogP contribution in [-0.4, -0.2) is 31.0 Å². The molecule has 0 saturated heterocycles. The normalized spacial score (nSPS) is 15.0. The van der Waals surface area contributed by atoms with Crippen molar-refractivity contribution in [2.24, 2.45) is 0 Å². The number of rotatable bonds is 11. The Labute approximate surface area is 182 Å². The summed E-state index contributed by atoms with van der Waals surface area (Å²) in [5, 5.41) is 0. The Hall–Kier alpha value is -1.12. The molecule has 28 heavy (non-hydrogen) atoms. The van der Waals surface area contributed by atoms with Crippen LogP contribution < -0.4 is 4.74 Å². The molecule has 0 saturated carbocycles. The van der Waals surface area contributed by atoms with Gasteiger partial charge in [0.25, 0.3) is 0 Å². The molecule has 2 aromatic rings. The van der Waals surface area contributed by atoms with Gasteiger partial charge in [0.15, 0.2) is 16.1 Å². The molecule has 3 atom stereocenters. The van der Waals surface area contributed by atoms with Crippen molar-refractivity contribution >= 4 is 32.4 Å². The van der Waals surface area contributed by atoms with Gasteiger partial charge in [-0.15, -0.1) is 0 Å². The predicted molar refractivity (Wildman–Crippen MR) is 122 cm³/mol. The highest BCUT2D eigenvalue weighted by molar-refractivity contribution is 14.1. The zero-order valence-corrected chi connectivity index (χ0v) is 19.6. The van der Waals surface area contributed by atoms with Gasteiger partial charge >= 0.3 is 0 Å². The van der Waals surface area contributed by atoms with Crippen LogP contribution >= 0.6 is 22.6 Å². The van der Waals surface area contributed by atoms with Crippen LogP contribution in [0, 0.1) is 0 Å². The van der Waals surface area contributed by atoms with Crippen molar-refractivity contribution in [1.82, 2.24) is 0 Å². The van der Waals surface area contributed by atoms with Crippen LogP contribution in [0.2, 0.25) is 0 Å². The largest absolute Gasteiger partial charge is 0.465 e. The molecule has 154 valence electrons. The third kappa shape index (κ3) is 7.37. The third-order valence-corrected chi connectivity index (χ3v) is 6.77. The number of halogens is 1. The molecule has 2 aromatic carbocycles. The second-order valence-electron chi connectivity index (χ2n) is 6.88. The zero-order chi connectivity index (χ0) is 20.6. The molecule has 0 amide bonds. The number of alkyl halides is 1. The minimum atomic E-state index is -3.34. The molecule has 0 aromatic heterocycles. The second kappa shape index (κ2) is 11.2. The highest BCUT2D eigenvalue weighted by Gasteiger charge is 2.15. The molecule has 0 bridgehead atoms. The van der Waals surface area contributed by atoms with Gasteiger partial charge in [-0.3, -0.25) is 0 Å². The Kier molecular flexibility index (Phi) is 9.24. The molecule has 0 aliphatic rings. The van der Waals surface area contributed by atoms with E-state index in [0.29, 0.717) is 14.7 Å². The van der Waals surface area contributed by atoms with Gasteiger partial charge in [-0.05, 0) is 55.5 Å². The van der Waals surface area contributed by atoms with Crippen LogP contribution in [0.3, 0.4) is 0 Å². The minimum Gasteiger partial charge on any atom is -0.465 e. The Balaban J connectivity index is 1.83. The van der Waals surface area contributed by atoms with Crippen molar-refractivity contribution in [3.8, 4) is 5.75 Å². The number of ether oxygens (including phenoxy) is 2. The molecule has 0 fully saturated rings. The van der Waals surface area contributed by atoms with Crippen molar-refractivity contribution in [3.05, 3.63) is 60.2 Å². The lowest BCUT2D eigenvalue weighted by Crippen LogP contribution is -2.21. The highest BCUT2D eigenvalue weighted by Crippen LogP contribution is 2.28. The molecule has 0 heterocycles. The maximum Gasteiger partial charge on any atom is 0.197 e. The average molecular weight is 516 g/mol. The fourth-order valence-electron chi connectivity index (χ4n) is 3.04. The number of sulfone groups is 1. The maximum atomic E-state index is 12.3. The zero-order valence-electron chi connectivity index (χ0n) is 16.7. The van der Waals surface area contributed by atoms with E-state index in [-0.39, 0.29) is 12.4 Å². The molecule has 6 heteroatoms. The van der Waals surface area contributed by atoms with E-state index in [2.05, 4.69) is 48.6 Å². The summed E-state index contributed by atoms with van der Waals surface area (Å²) in [7, 11) is -3.34. The lowest BCUT2D eigenvalue weighted by atomic mass is 9.92. The van der Waals surface area contributed by atoms with Gasteiger partial charge in [-0.2, -0.15) is 0 Å². The van der Waals surface area contributed by atoms with E-state index in [1.54, 1.807) is 37.3 Å². The molecule has 4 nitrogen and oxygen atoms in total. The molecule has 0 aliphatic heterocycles. The van der Waals surface area contributed by atoms with E-state index in [4.69, 9.17) is 9.47 Å². The Morgan fingerprint density at radius 1 is 1.00 bits per heavy atom. The number of hydrogen-bond acceptors (Lipinski definition) is 4. The van der Waals surface area contributed by atoms with E-state index in [9.17, 15) is 8.42 Å². The number of hydrogen-bond donors (Lipinski definition) is 0. The van der Waals surface area contributed by atoms with E-state index < -0.39 is 16.1 Å². The van der Waals surface area contributed by atoms with Crippen molar-refractivity contribution in [1.29, 1.82) is 0 Å². The van der Waals surface area contributed by atoms with Gasteiger partial charge in [0, 0.05) is 3.92 Å². The van der Waals surface area contributed by atoms with Crippen molar-refractivity contribution in [2.75, 3.05) is 12.4 Å². The van der Waals surface area contributed by atoms with E-state index in [0.717, 1.165) is 18.6 Å². The van der Waals surface area contributed by atoms with Crippen LogP contribution in [0.25, 0.3) is 0 Å². The summed E-state index contributed by atoms with van der Waals surface area (Å²) in [5.74, 6) is 1.20. The third-order valence-electron chi connectivity index (χ3n) is 4.56. The second-order valence-corrected chi connectivity index (χ2v) is 11.1. The molecular weight excluding hydrogens is 487 g/mol. The topological polar surface area (TPSA) is 52.6 Å². The van der Waals surface area contributed by atoms with Crippen LogP contribution in [0.1, 0.15) is 45.1 Å². The molecule has 0 N–H and O–H groups in total. The quantitative estimate of drug-likeness (QED) is 0.221. The first-order valence-electron chi connectivity index (χ1n) is 9.62. The first kappa shape index (κ1) is 23.2. The molecule has 3 unspecified atom stereocenters. The SMILES string of the molecule is CCC(CC(C)I)c1ccc(OC(C)OCCS(=O)(=O)c2ccccc2)cc1. The van der Waals surface area contributed by atoms with Gasteiger partial charge in [-0.1, -0.05) is 66.8 Å². The minimum absolute atomic E-state index is 0.0731. The summed E-state index contributed by atoms with van der Waals surface area (Å²) in [5.41, 5.74) is 1.32. The Bertz CT molecular complexity index is 804. The smallest absolute Gasteiger partial charge is 0.197 e. The summed E-state index contributed by atoms with van der Waals surface area (Å²) < 4.78 is 36.5.